The molecule has 1 heterocycles. The summed E-state index contributed by atoms with van der Waals surface area (Å²) in [5.74, 6) is -1.35. The van der Waals surface area contributed by atoms with Crippen molar-refractivity contribution >= 4 is 23.5 Å². The number of carbonyl (C=O) groups is 2. The van der Waals surface area contributed by atoms with Crippen molar-refractivity contribution in [2.45, 2.75) is 18.3 Å². The van der Waals surface area contributed by atoms with Gasteiger partial charge >= 0.3 is 5.97 Å². The molecule has 1 saturated heterocycles. The standard InChI is InChI=1S/C20H20ClNO4/c21-17-6-2-5-16(12-17)20(7-9-26-10-8-20)13-22-18(23)14-3-1-4-15(11-14)19(24)25/h1-6,11-12H,7-10,13H2,(H,22,23)(H,24,25). The van der Waals surface area contributed by atoms with Gasteiger partial charge in [-0.25, -0.2) is 4.79 Å². The average Bonchev–Trinajstić information content (AvgIpc) is 2.67. The largest absolute Gasteiger partial charge is 0.478 e. The molecule has 0 aromatic heterocycles. The Hall–Kier alpha value is -2.37. The fourth-order valence-corrected chi connectivity index (χ4v) is 3.48. The fourth-order valence-electron chi connectivity index (χ4n) is 3.29. The van der Waals surface area contributed by atoms with Gasteiger partial charge in [0.05, 0.1) is 5.56 Å². The summed E-state index contributed by atoms with van der Waals surface area (Å²) in [6.07, 6.45) is 1.56. The molecular weight excluding hydrogens is 354 g/mol. The van der Waals surface area contributed by atoms with Crippen molar-refractivity contribution in [2.75, 3.05) is 19.8 Å². The molecule has 0 atom stereocenters. The molecular formula is C20H20ClNO4. The molecule has 1 amide bonds. The Morgan fingerprint density at radius 3 is 2.46 bits per heavy atom. The van der Waals surface area contributed by atoms with Gasteiger partial charge in [-0.15, -0.1) is 0 Å². The van der Waals surface area contributed by atoms with E-state index in [1.165, 1.54) is 12.1 Å². The van der Waals surface area contributed by atoms with Crippen molar-refractivity contribution in [3.63, 3.8) is 0 Å². The van der Waals surface area contributed by atoms with Gasteiger partial charge in [0.1, 0.15) is 0 Å². The third kappa shape index (κ3) is 4.06. The summed E-state index contributed by atoms with van der Waals surface area (Å²) in [7, 11) is 0. The predicted molar refractivity (Wildman–Crippen MR) is 98.9 cm³/mol. The molecule has 136 valence electrons. The van der Waals surface area contributed by atoms with Gasteiger partial charge in [-0.2, -0.15) is 0 Å². The van der Waals surface area contributed by atoms with E-state index in [1.54, 1.807) is 12.1 Å². The molecule has 0 spiro atoms. The van der Waals surface area contributed by atoms with Gasteiger partial charge in [0.15, 0.2) is 0 Å². The second-order valence-electron chi connectivity index (χ2n) is 6.47. The van der Waals surface area contributed by atoms with E-state index in [-0.39, 0.29) is 16.9 Å². The van der Waals surface area contributed by atoms with E-state index in [9.17, 15) is 9.59 Å². The van der Waals surface area contributed by atoms with Crippen LogP contribution in [-0.4, -0.2) is 36.7 Å². The number of benzene rings is 2. The highest BCUT2D eigenvalue weighted by molar-refractivity contribution is 6.30. The van der Waals surface area contributed by atoms with E-state index in [4.69, 9.17) is 21.4 Å². The van der Waals surface area contributed by atoms with Crippen LogP contribution >= 0.6 is 11.6 Å². The van der Waals surface area contributed by atoms with Crippen LogP contribution in [0.3, 0.4) is 0 Å². The Morgan fingerprint density at radius 1 is 1.08 bits per heavy atom. The number of carboxylic acids is 1. The highest BCUT2D eigenvalue weighted by Crippen LogP contribution is 2.35. The normalized spacial score (nSPS) is 16.0. The number of nitrogens with one attached hydrogen (secondary N) is 1. The lowest BCUT2D eigenvalue weighted by molar-refractivity contribution is 0.0487. The number of halogens is 1. The van der Waals surface area contributed by atoms with Gasteiger partial charge in [0, 0.05) is 35.8 Å². The first-order valence-electron chi connectivity index (χ1n) is 8.46. The Balaban J connectivity index is 1.79. The van der Waals surface area contributed by atoms with Gasteiger partial charge in [0.25, 0.3) is 5.91 Å². The topological polar surface area (TPSA) is 75.6 Å². The number of hydrogen-bond acceptors (Lipinski definition) is 3. The molecule has 0 bridgehead atoms. The molecule has 2 N–H and O–H groups in total. The van der Waals surface area contributed by atoms with Crippen molar-refractivity contribution < 1.29 is 19.4 Å². The van der Waals surface area contributed by atoms with E-state index in [0.29, 0.717) is 30.3 Å². The number of hydrogen-bond donors (Lipinski definition) is 2. The summed E-state index contributed by atoms with van der Waals surface area (Å²) >= 11 is 6.16. The molecule has 6 heteroatoms. The zero-order valence-electron chi connectivity index (χ0n) is 14.2. The number of ether oxygens (including phenoxy) is 1. The van der Waals surface area contributed by atoms with E-state index in [0.717, 1.165) is 18.4 Å². The lowest BCUT2D eigenvalue weighted by atomic mass is 9.74. The van der Waals surface area contributed by atoms with Crippen LogP contribution in [0.15, 0.2) is 48.5 Å². The van der Waals surface area contributed by atoms with Crippen molar-refractivity contribution in [1.82, 2.24) is 5.32 Å². The fraction of sp³-hybridized carbons (Fsp3) is 0.300. The number of rotatable bonds is 5. The molecule has 0 aliphatic carbocycles. The zero-order chi connectivity index (χ0) is 18.6. The lowest BCUT2D eigenvalue weighted by Crippen LogP contribution is -2.44. The molecule has 2 aromatic carbocycles. The predicted octanol–water partition coefficient (Wildman–Crippen LogP) is 3.52. The summed E-state index contributed by atoms with van der Waals surface area (Å²) < 4.78 is 5.50. The highest BCUT2D eigenvalue weighted by atomic mass is 35.5. The summed E-state index contributed by atoms with van der Waals surface area (Å²) in [6, 6.07) is 13.7. The third-order valence-corrected chi connectivity index (χ3v) is 5.08. The highest BCUT2D eigenvalue weighted by Gasteiger charge is 2.35. The second kappa shape index (κ2) is 7.89. The van der Waals surface area contributed by atoms with Crippen molar-refractivity contribution in [1.29, 1.82) is 0 Å². The molecule has 1 aliphatic heterocycles. The zero-order valence-corrected chi connectivity index (χ0v) is 15.0. The quantitative estimate of drug-likeness (QED) is 0.840. The first-order valence-corrected chi connectivity index (χ1v) is 8.83. The lowest BCUT2D eigenvalue weighted by Gasteiger charge is -2.38. The van der Waals surface area contributed by atoms with Crippen LogP contribution in [-0.2, 0) is 10.2 Å². The van der Waals surface area contributed by atoms with Crippen molar-refractivity contribution in [3.05, 3.63) is 70.2 Å². The van der Waals surface area contributed by atoms with E-state index >= 15 is 0 Å². The van der Waals surface area contributed by atoms with Crippen LogP contribution < -0.4 is 5.32 Å². The number of aromatic carboxylic acids is 1. The molecule has 1 aliphatic rings. The molecule has 2 aromatic rings. The van der Waals surface area contributed by atoms with Gasteiger partial charge < -0.3 is 15.2 Å². The third-order valence-electron chi connectivity index (χ3n) is 4.85. The Labute approximate surface area is 156 Å². The molecule has 3 rings (SSSR count). The first-order chi connectivity index (χ1) is 12.5. The summed E-state index contributed by atoms with van der Waals surface area (Å²) in [5.41, 5.74) is 1.25. The first kappa shape index (κ1) is 18.4. The van der Waals surface area contributed by atoms with E-state index < -0.39 is 5.97 Å². The molecule has 0 unspecified atom stereocenters. The maximum absolute atomic E-state index is 12.5. The van der Waals surface area contributed by atoms with Crippen LogP contribution in [0.2, 0.25) is 5.02 Å². The number of amides is 1. The summed E-state index contributed by atoms with van der Waals surface area (Å²) in [5, 5.41) is 12.7. The maximum atomic E-state index is 12.5. The molecule has 0 radical (unpaired) electrons. The molecule has 5 nitrogen and oxygen atoms in total. The minimum atomic E-state index is -1.06. The average molecular weight is 374 g/mol. The SMILES string of the molecule is O=C(O)c1cccc(C(=O)NCC2(c3cccc(Cl)c3)CCOCC2)c1. The Bertz CT molecular complexity index is 815. The molecule has 0 saturated carbocycles. The summed E-state index contributed by atoms with van der Waals surface area (Å²) in [4.78, 5) is 23.6. The van der Waals surface area contributed by atoms with Gasteiger partial charge in [0.2, 0.25) is 0 Å². The molecule has 1 fully saturated rings. The van der Waals surface area contributed by atoms with Crippen molar-refractivity contribution in [2.24, 2.45) is 0 Å². The van der Waals surface area contributed by atoms with Crippen LogP contribution in [0.1, 0.15) is 39.1 Å². The second-order valence-corrected chi connectivity index (χ2v) is 6.91. The van der Waals surface area contributed by atoms with Gasteiger partial charge in [-0.1, -0.05) is 29.8 Å². The number of carboxylic acid groups (broad SMARTS) is 1. The van der Waals surface area contributed by atoms with Gasteiger partial charge in [-0.05, 0) is 48.7 Å². The van der Waals surface area contributed by atoms with Crippen LogP contribution in [0, 0.1) is 0 Å². The molecule has 26 heavy (non-hydrogen) atoms. The van der Waals surface area contributed by atoms with Crippen LogP contribution in [0.4, 0.5) is 0 Å². The smallest absolute Gasteiger partial charge is 0.335 e. The van der Waals surface area contributed by atoms with Crippen LogP contribution in [0.25, 0.3) is 0 Å². The monoisotopic (exact) mass is 373 g/mol. The Morgan fingerprint density at radius 2 is 1.77 bits per heavy atom. The summed E-state index contributed by atoms with van der Waals surface area (Å²) in [6.45, 7) is 1.68. The Kier molecular flexibility index (Phi) is 5.59. The van der Waals surface area contributed by atoms with E-state index in [1.807, 2.05) is 24.3 Å². The minimum Gasteiger partial charge on any atom is -0.478 e. The minimum absolute atomic E-state index is 0.0910. The van der Waals surface area contributed by atoms with E-state index in [2.05, 4.69) is 5.32 Å². The number of carbonyl (C=O) groups excluding carboxylic acids is 1. The van der Waals surface area contributed by atoms with Crippen LogP contribution in [0.5, 0.6) is 0 Å². The van der Waals surface area contributed by atoms with Crippen molar-refractivity contribution in [3.8, 4) is 0 Å². The maximum Gasteiger partial charge on any atom is 0.335 e. The van der Waals surface area contributed by atoms with Gasteiger partial charge in [-0.3, -0.25) is 4.79 Å².